The van der Waals surface area contributed by atoms with Crippen LogP contribution >= 0.6 is 11.8 Å². The van der Waals surface area contributed by atoms with Gasteiger partial charge < -0.3 is 4.57 Å². The van der Waals surface area contributed by atoms with E-state index in [4.69, 9.17) is 0 Å². The van der Waals surface area contributed by atoms with Crippen LogP contribution in [0.3, 0.4) is 0 Å². The molecule has 0 aromatic carbocycles. The Hall–Kier alpha value is -0.510. The summed E-state index contributed by atoms with van der Waals surface area (Å²) in [6, 6.07) is 0. The summed E-state index contributed by atoms with van der Waals surface area (Å²) in [5.74, 6) is 1.84. The largest absolute Gasteiger partial charge is 0.309 e. The lowest BCUT2D eigenvalue weighted by Crippen LogP contribution is -2.10. The third-order valence-corrected chi connectivity index (χ3v) is 3.74. The number of rotatable bonds is 2. The second kappa shape index (κ2) is 4.34. The van der Waals surface area contributed by atoms with Gasteiger partial charge in [-0.2, -0.15) is 0 Å². The first-order valence-corrected chi connectivity index (χ1v) is 6.48. The second-order valence-electron chi connectivity index (χ2n) is 3.94. The van der Waals surface area contributed by atoms with Crippen molar-refractivity contribution in [1.82, 2.24) is 14.8 Å². The van der Waals surface area contributed by atoms with Crippen molar-refractivity contribution in [3.8, 4) is 0 Å². The number of thioether (sulfide) groups is 1. The zero-order chi connectivity index (χ0) is 9.97. The maximum atomic E-state index is 4.30. The van der Waals surface area contributed by atoms with Gasteiger partial charge in [-0.3, -0.25) is 0 Å². The van der Waals surface area contributed by atoms with Gasteiger partial charge in [-0.25, -0.2) is 0 Å². The van der Waals surface area contributed by atoms with Gasteiger partial charge in [0.15, 0.2) is 5.16 Å². The smallest absolute Gasteiger partial charge is 0.190 e. The Morgan fingerprint density at radius 2 is 1.93 bits per heavy atom. The molecule has 4 heteroatoms. The molecule has 1 aromatic heterocycles. The van der Waals surface area contributed by atoms with Gasteiger partial charge in [-0.05, 0) is 19.1 Å². The quantitative estimate of drug-likeness (QED) is 0.704. The van der Waals surface area contributed by atoms with Crippen molar-refractivity contribution < 1.29 is 0 Å². The average molecular weight is 211 g/mol. The highest BCUT2D eigenvalue weighted by Crippen LogP contribution is 2.32. The molecule has 0 N–H and O–H groups in total. The first-order chi connectivity index (χ1) is 6.83. The van der Waals surface area contributed by atoms with E-state index in [9.17, 15) is 0 Å². The molecule has 78 valence electrons. The molecule has 0 radical (unpaired) electrons. The first kappa shape index (κ1) is 10.0. The van der Waals surface area contributed by atoms with E-state index in [0.717, 1.165) is 5.16 Å². The number of aromatic nitrogens is 3. The molecule has 2 rings (SSSR count). The number of hydrogen-bond donors (Lipinski definition) is 0. The van der Waals surface area contributed by atoms with Crippen LogP contribution in [-0.4, -0.2) is 21.0 Å². The fourth-order valence-corrected chi connectivity index (χ4v) is 2.71. The molecule has 1 heterocycles. The van der Waals surface area contributed by atoms with Gasteiger partial charge in [-0.1, -0.05) is 31.0 Å². The van der Waals surface area contributed by atoms with Gasteiger partial charge in [0, 0.05) is 13.0 Å². The maximum Gasteiger partial charge on any atom is 0.190 e. The highest BCUT2D eigenvalue weighted by atomic mass is 32.2. The molecule has 1 aliphatic carbocycles. The van der Waals surface area contributed by atoms with Crippen molar-refractivity contribution in [2.24, 2.45) is 7.05 Å². The third kappa shape index (κ3) is 1.80. The Morgan fingerprint density at radius 1 is 1.21 bits per heavy atom. The SMILES string of the molecule is CSc1nnc(C2CCCCC2)n1C. The van der Waals surface area contributed by atoms with E-state index in [1.54, 1.807) is 11.8 Å². The van der Waals surface area contributed by atoms with Crippen molar-refractivity contribution in [3.05, 3.63) is 5.82 Å². The molecule has 0 aliphatic heterocycles. The van der Waals surface area contributed by atoms with Crippen LogP contribution in [0.25, 0.3) is 0 Å². The fraction of sp³-hybridized carbons (Fsp3) is 0.800. The van der Waals surface area contributed by atoms with Crippen LogP contribution in [0.2, 0.25) is 0 Å². The molecule has 1 fully saturated rings. The molecule has 14 heavy (non-hydrogen) atoms. The minimum absolute atomic E-state index is 0.655. The lowest BCUT2D eigenvalue weighted by atomic mass is 9.89. The van der Waals surface area contributed by atoms with E-state index in [2.05, 4.69) is 28.1 Å². The summed E-state index contributed by atoms with van der Waals surface area (Å²) >= 11 is 1.67. The molecular weight excluding hydrogens is 194 g/mol. The summed E-state index contributed by atoms with van der Waals surface area (Å²) in [6.07, 6.45) is 8.73. The Bertz CT molecular complexity index is 302. The summed E-state index contributed by atoms with van der Waals surface area (Å²) in [5, 5.41) is 9.52. The molecule has 0 amide bonds. The topological polar surface area (TPSA) is 30.7 Å². The van der Waals surface area contributed by atoms with Gasteiger partial charge in [-0.15, -0.1) is 10.2 Å². The minimum atomic E-state index is 0.655. The van der Waals surface area contributed by atoms with E-state index in [1.165, 1.54) is 37.9 Å². The predicted molar refractivity (Wildman–Crippen MR) is 58.6 cm³/mol. The summed E-state index contributed by atoms with van der Waals surface area (Å²) in [6.45, 7) is 0. The molecular formula is C10H17N3S. The molecule has 0 spiro atoms. The Balaban J connectivity index is 2.18. The lowest BCUT2D eigenvalue weighted by molar-refractivity contribution is 0.418. The number of nitrogens with zero attached hydrogens (tertiary/aromatic N) is 3. The molecule has 0 atom stereocenters. The van der Waals surface area contributed by atoms with Gasteiger partial charge >= 0.3 is 0 Å². The molecule has 0 unspecified atom stereocenters. The first-order valence-electron chi connectivity index (χ1n) is 5.26. The summed E-state index contributed by atoms with van der Waals surface area (Å²) in [5.41, 5.74) is 0. The zero-order valence-corrected chi connectivity index (χ0v) is 9.68. The molecule has 1 aromatic rings. The Labute approximate surface area is 89.3 Å². The monoisotopic (exact) mass is 211 g/mol. The Morgan fingerprint density at radius 3 is 2.50 bits per heavy atom. The Kier molecular flexibility index (Phi) is 3.11. The summed E-state index contributed by atoms with van der Waals surface area (Å²) < 4.78 is 2.15. The summed E-state index contributed by atoms with van der Waals surface area (Å²) in [4.78, 5) is 0. The van der Waals surface area contributed by atoms with Crippen molar-refractivity contribution >= 4 is 11.8 Å². The van der Waals surface area contributed by atoms with Crippen LogP contribution < -0.4 is 0 Å². The summed E-state index contributed by atoms with van der Waals surface area (Å²) in [7, 11) is 2.08. The van der Waals surface area contributed by atoms with E-state index in [-0.39, 0.29) is 0 Å². The van der Waals surface area contributed by atoms with E-state index < -0.39 is 0 Å². The van der Waals surface area contributed by atoms with Crippen molar-refractivity contribution in [2.45, 2.75) is 43.2 Å². The van der Waals surface area contributed by atoms with Crippen LogP contribution in [0.15, 0.2) is 5.16 Å². The van der Waals surface area contributed by atoms with E-state index in [1.807, 2.05) is 0 Å². The van der Waals surface area contributed by atoms with E-state index in [0.29, 0.717) is 5.92 Å². The lowest BCUT2D eigenvalue weighted by Gasteiger charge is -2.20. The average Bonchev–Trinajstić information content (AvgIpc) is 2.61. The van der Waals surface area contributed by atoms with Gasteiger partial charge in [0.05, 0.1) is 0 Å². The van der Waals surface area contributed by atoms with Gasteiger partial charge in [0.1, 0.15) is 5.82 Å². The van der Waals surface area contributed by atoms with Crippen molar-refractivity contribution in [3.63, 3.8) is 0 Å². The highest BCUT2D eigenvalue weighted by molar-refractivity contribution is 7.98. The highest BCUT2D eigenvalue weighted by Gasteiger charge is 2.21. The van der Waals surface area contributed by atoms with Crippen LogP contribution in [0, 0.1) is 0 Å². The van der Waals surface area contributed by atoms with Crippen molar-refractivity contribution in [1.29, 1.82) is 0 Å². The third-order valence-electron chi connectivity index (χ3n) is 3.02. The standard InChI is InChI=1S/C10H17N3S/c1-13-9(11-12-10(13)14-2)8-6-4-3-5-7-8/h8H,3-7H2,1-2H3. The molecule has 0 bridgehead atoms. The normalized spacial score (nSPS) is 18.7. The maximum absolute atomic E-state index is 4.30. The van der Waals surface area contributed by atoms with Crippen molar-refractivity contribution in [2.75, 3.05) is 6.26 Å². The van der Waals surface area contributed by atoms with Gasteiger partial charge in [0.25, 0.3) is 0 Å². The van der Waals surface area contributed by atoms with Gasteiger partial charge in [0.2, 0.25) is 0 Å². The molecule has 3 nitrogen and oxygen atoms in total. The molecule has 0 saturated heterocycles. The van der Waals surface area contributed by atoms with Crippen LogP contribution in [0.4, 0.5) is 0 Å². The van der Waals surface area contributed by atoms with Crippen LogP contribution in [-0.2, 0) is 7.05 Å². The van der Waals surface area contributed by atoms with Crippen LogP contribution in [0.1, 0.15) is 43.8 Å². The predicted octanol–water partition coefficient (Wildman–Crippen LogP) is 2.58. The molecule has 1 saturated carbocycles. The van der Waals surface area contributed by atoms with Crippen LogP contribution in [0.5, 0.6) is 0 Å². The second-order valence-corrected chi connectivity index (χ2v) is 4.71. The zero-order valence-electron chi connectivity index (χ0n) is 8.86. The number of hydrogen-bond acceptors (Lipinski definition) is 3. The van der Waals surface area contributed by atoms with E-state index >= 15 is 0 Å². The minimum Gasteiger partial charge on any atom is -0.309 e. The fourth-order valence-electron chi connectivity index (χ4n) is 2.22. The molecule has 1 aliphatic rings.